The van der Waals surface area contributed by atoms with Gasteiger partial charge in [-0.05, 0) is 60.0 Å². The van der Waals surface area contributed by atoms with Crippen molar-refractivity contribution in [2.45, 2.75) is 83.3 Å². The Hall–Kier alpha value is -1.74. The van der Waals surface area contributed by atoms with Gasteiger partial charge in [0.05, 0.1) is 10.9 Å². The molecule has 1 atom stereocenters. The summed E-state index contributed by atoms with van der Waals surface area (Å²) in [6.07, 6.45) is 15.2. The van der Waals surface area contributed by atoms with Gasteiger partial charge in [0.15, 0.2) is 0 Å². The number of benzene rings is 2. The molecule has 29 heavy (non-hydrogen) atoms. The van der Waals surface area contributed by atoms with Crippen LogP contribution in [0.4, 0.5) is 5.69 Å². The molecule has 0 spiro atoms. The molecular formula is C26H36N2S. The molecule has 2 aromatic rings. The van der Waals surface area contributed by atoms with Crippen molar-refractivity contribution >= 4 is 23.8 Å². The summed E-state index contributed by atoms with van der Waals surface area (Å²) in [6, 6.07) is 18.0. The van der Waals surface area contributed by atoms with Gasteiger partial charge >= 0.3 is 0 Å². The summed E-state index contributed by atoms with van der Waals surface area (Å²) < 4.78 is 2.06. The van der Waals surface area contributed by atoms with Crippen LogP contribution >= 0.6 is 11.9 Å². The minimum atomic E-state index is 0.304. The maximum atomic E-state index is 4.63. The van der Waals surface area contributed by atoms with Gasteiger partial charge in [-0.3, -0.25) is 0 Å². The van der Waals surface area contributed by atoms with E-state index in [0.717, 1.165) is 6.42 Å². The van der Waals surface area contributed by atoms with E-state index in [1.807, 2.05) is 0 Å². The Labute approximate surface area is 181 Å². The maximum absolute atomic E-state index is 4.63. The second-order valence-corrected chi connectivity index (χ2v) is 9.16. The molecule has 0 radical (unpaired) electrons. The van der Waals surface area contributed by atoms with Crippen LogP contribution in [0.1, 0.15) is 87.2 Å². The second-order valence-electron chi connectivity index (χ2n) is 8.09. The van der Waals surface area contributed by atoms with Gasteiger partial charge in [0.2, 0.25) is 0 Å². The number of hydrogen-bond acceptors (Lipinski definition) is 3. The minimum absolute atomic E-state index is 0.304. The Balaban J connectivity index is 1.43. The monoisotopic (exact) mass is 408 g/mol. The highest BCUT2D eigenvalue weighted by molar-refractivity contribution is 8.01. The molecule has 1 unspecified atom stereocenters. The lowest BCUT2D eigenvalue weighted by Crippen LogP contribution is -2.02. The summed E-state index contributed by atoms with van der Waals surface area (Å²) in [4.78, 5) is 0. The molecule has 0 aromatic heterocycles. The van der Waals surface area contributed by atoms with Gasteiger partial charge in [0, 0.05) is 6.21 Å². The summed E-state index contributed by atoms with van der Waals surface area (Å²) in [5.74, 6) is 0. The number of hydrogen-bond donors (Lipinski definition) is 0. The van der Waals surface area contributed by atoms with E-state index in [0.29, 0.717) is 5.25 Å². The van der Waals surface area contributed by atoms with Crippen LogP contribution in [0.5, 0.6) is 0 Å². The van der Waals surface area contributed by atoms with Crippen molar-refractivity contribution in [2.75, 3.05) is 4.41 Å². The molecule has 0 N–H and O–H groups in total. The lowest BCUT2D eigenvalue weighted by Gasteiger charge is -2.15. The fourth-order valence-electron chi connectivity index (χ4n) is 3.80. The molecular weight excluding hydrogens is 372 g/mol. The summed E-state index contributed by atoms with van der Waals surface area (Å²) >= 11 is 1.78. The van der Waals surface area contributed by atoms with Crippen molar-refractivity contribution in [3.63, 3.8) is 0 Å². The van der Waals surface area contributed by atoms with Gasteiger partial charge in [0.1, 0.15) is 0 Å². The third kappa shape index (κ3) is 6.92. The normalized spacial score (nSPS) is 15.9. The summed E-state index contributed by atoms with van der Waals surface area (Å²) in [6.45, 7) is 4.51. The fraction of sp³-hybridized carbons (Fsp3) is 0.500. The van der Waals surface area contributed by atoms with E-state index in [-0.39, 0.29) is 0 Å². The van der Waals surface area contributed by atoms with Crippen LogP contribution in [0, 0.1) is 0 Å². The topological polar surface area (TPSA) is 15.6 Å². The molecule has 3 heteroatoms. The molecule has 2 nitrogen and oxygen atoms in total. The number of nitrogens with zero attached hydrogens (tertiary/aromatic N) is 2. The van der Waals surface area contributed by atoms with Gasteiger partial charge in [-0.1, -0.05) is 95.2 Å². The standard InChI is InChI=1S/C26H36N2S/c1-3-5-6-7-8-9-10-12-23-15-19-25(20-16-23)28-27-21-26(29-28)24-17-13-22(11-4-2)14-18-24/h13-21,26H,3-12H2,1-2H3. The van der Waals surface area contributed by atoms with Gasteiger partial charge in [-0.15, -0.1) is 0 Å². The first kappa shape index (κ1) is 22.0. The van der Waals surface area contributed by atoms with E-state index in [2.05, 4.69) is 78.1 Å². The van der Waals surface area contributed by atoms with Crippen molar-refractivity contribution in [3.05, 3.63) is 65.2 Å². The quantitative estimate of drug-likeness (QED) is 0.260. The zero-order valence-corrected chi connectivity index (χ0v) is 19.0. The largest absolute Gasteiger partial charge is 0.206 e. The molecule has 1 heterocycles. The second kappa shape index (κ2) is 12.1. The molecule has 0 fully saturated rings. The Morgan fingerprint density at radius 3 is 2.03 bits per heavy atom. The van der Waals surface area contributed by atoms with Crippen molar-refractivity contribution in [1.29, 1.82) is 0 Å². The highest BCUT2D eigenvalue weighted by Crippen LogP contribution is 2.38. The Morgan fingerprint density at radius 2 is 1.34 bits per heavy atom. The fourth-order valence-corrected chi connectivity index (χ4v) is 4.75. The van der Waals surface area contributed by atoms with E-state index in [1.165, 1.54) is 80.2 Å². The first-order valence-corrected chi connectivity index (χ1v) is 12.3. The zero-order valence-electron chi connectivity index (χ0n) is 18.1. The Morgan fingerprint density at radius 1 is 0.724 bits per heavy atom. The maximum Gasteiger partial charge on any atom is 0.0887 e. The number of aryl methyl sites for hydroxylation is 2. The van der Waals surface area contributed by atoms with Gasteiger partial charge in [-0.25, -0.2) is 4.41 Å². The van der Waals surface area contributed by atoms with Crippen LogP contribution in [-0.4, -0.2) is 6.21 Å². The zero-order chi connectivity index (χ0) is 20.3. The smallest absolute Gasteiger partial charge is 0.0887 e. The lowest BCUT2D eigenvalue weighted by molar-refractivity contribution is 0.589. The van der Waals surface area contributed by atoms with Crippen molar-refractivity contribution in [2.24, 2.45) is 5.10 Å². The third-order valence-electron chi connectivity index (χ3n) is 5.59. The highest BCUT2D eigenvalue weighted by atomic mass is 32.2. The van der Waals surface area contributed by atoms with Crippen molar-refractivity contribution in [3.8, 4) is 0 Å². The van der Waals surface area contributed by atoms with Crippen LogP contribution in [0.15, 0.2) is 53.6 Å². The number of hydrazone groups is 1. The average Bonchev–Trinajstić information content (AvgIpc) is 3.25. The Bertz CT molecular complexity index is 736. The molecule has 3 rings (SSSR count). The van der Waals surface area contributed by atoms with E-state index < -0.39 is 0 Å². The van der Waals surface area contributed by atoms with Crippen molar-refractivity contribution in [1.82, 2.24) is 0 Å². The van der Waals surface area contributed by atoms with Gasteiger partial charge in [-0.2, -0.15) is 5.10 Å². The molecule has 0 aliphatic carbocycles. The van der Waals surface area contributed by atoms with Crippen LogP contribution in [0.2, 0.25) is 0 Å². The van der Waals surface area contributed by atoms with Crippen LogP contribution < -0.4 is 4.41 Å². The van der Waals surface area contributed by atoms with Crippen LogP contribution in [0.25, 0.3) is 0 Å². The minimum Gasteiger partial charge on any atom is -0.206 e. The number of anilines is 1. The molecule has 0 saturated carbocycles. The van der Waals surface area contributed by atoms with Gasteiger partial charge < -0.3 is 0 Å². The molecule has 156 valence electrons. The first-order chi connectivity index (χ1) is 14.3. The number of unbranched alkanes of at least 4 members (excludes halogenated alkanes) is 6. The van der Waals surface area contributed by atoms with Crippen molar-refractivity contribution < 1.29 is 0 Å². The predicted molar refractivity (Wildman–Crippen MR) is 130 cm³/mol. The van der Waals surface area contributed by atoms with Gasteiger partial charge in [0.25, 0.3) is 0 Å². The van der Waals surface area contributed by atoms with E-state index in [4.69, 9.17) is 0 Å². The molecule has 0 bridgehead atoms. The number of rotatable bonds is 12. The molecule has 1 aliphatic heterocycles. The molecule has 0 saturated heterocycles. The third-order valence-corrected chi connectivity index (χ3v) is 6.72. The predicted octanol–water partition coefficient (Wildman–Crippen LogP) is 8.13. The lowest BCUT2D eigenvalue weighted by atomic mass is 10.0. The Kier molecular flexibility index (Phi) is 9.14. The first-order valence-electron chi connectivity index (χ1n) is 11.5. The van der Waals surface area contributed by atoms with E-state index in [9.17, 15) is 0 Å². The molecule has 2 aromatic carbocycles. The summed E-state index contributed by atoms with van der Waals surface area (Å²) in [7, 11) is 0. The summed E-state index contributed by atoms with van der Waals surface area (Å²) in [5.41, 5.74) is 5.36. The van der Waals surface area contributed by atoms with E-state index >= 15 is 0 Å². The highest BCUT2D eigenvalue weighted by Gasteiger charge is 2.21. The summed E-state index contributed by atoms with van der Waals surface area (Å²) in [5, 5.41) is 4.94. The van der Waals surface area contributed by atoms with E-state index in [1.54, 1.807) is 11.9 Å². The van der Waals surface area contributed by atoms with Crippen LogP contribution in [-0.2, 0) is 12.8 Å². The molecule has 1 aliphatic rings. The molecule has 0 amide bonds. The average molecular weight is 409 g/mol. The van der Waals surface area contributed by atoms with Crippen LogP contribution in [0.3, 0.4) is 0 Å². The SMILES string of the molecule is CCCCCCCCCc1ccc(N2N=CC(c3ccc(CCC)cc3)S2)cc1.